The lowest BCUT2D eigenvalue weighted by Crippen LogP contribution is -2.43. The zero-order chi connectivity index (χ0) is 17.2. The van der Waals surface area contributed by atoms with Crippen LogP contribution in [0.2, 0.25) is 0 Å². The molecule has 0 N–H and O–H groups in total. The number of hydrogen-bond donors (Lipinski definition) is 0. The van der Waals surface area contributed by atoms with Gasteiger partial charge in [0.1, 0.15) is 17.7 Å². The molecule has 1 aromatic heterocycles. The van der Waals surface area contributed by atoms with Gasteiger partial charge in [-0.2, -0.15) is 8.42 Å². The number of ketones is 1. The lowest BCUT2D eigenvalue weighted by molar-refractivity contribution is -0.390. The molecule has 3 rings (SSSR count). The first-order valence-corrected chi connectivity index (χ1v) is 9.09. The Morgan fingerprint density at radius 1 is 1.48 bits per heavy atom. The van der Waals surface area contributed by atoms with Crippen molar-refractivity contribution in [2.24, 2.45) is 16.7 Å². The number of aromatic nitrogens is 2. The number of carbonyl (C=O) groups excluding carboxylic acids is 1. The van der Waals surface area contributed by atoms with Crippen molar-refractivity contribution in [1.82, 2.24) is 8.96 Å². The molecule has 0 spiro atoms. The highest BCUT2D eigenvalue weighted by atomic mass is 32.2. The second kappa shape index (κ2) is 4.62. The SMILES string of the molecule is Cc1ncc([N+](=O)[O-])n1S(=O)(=O)CC12CCC(CC1=O)C2(C)C. The van der Waals surface area contributed by atoms with Gasteiger partial charge in [0.05, 0.1) is 5.41 Å². The number of fused-ring (bicyclic) bond motifs is 2. The molecule has 0 amide bonds. The second-order valence-corrected chi connectivity index (χ2v) is 8.93. The van der Waals surface area contributed by atoms with E-state index in [4.69, 9.17) is 0 Å². The van der Waals surface area contributed by atoms with Gasteiger partial charge >= 0.3 is 15.8 Å². The van der Waals surface area contributed by atoms with E-state index in [1.165, 1.54) is 6.92 Å². The Labute approximate surface area is 134 Å². The van der Waals surface area contributed by atoms with Crippen LogP contribution >= 0.6 is 0 Å². The molecule has 0 aliphatic heterocycles. The molecule has 1 heterocycles. The van der Waals surface area contributed by atoms with Crippen LogP contribution in [0.4, 0.5) is 5.82 Å². The maximum Gasteiger partial charge on any atom is 0.358 e. The molecule has 2 unspecified atom stereocenters. The standard InChI is InChI=1S/C14H19N3O5S/c1-9-15-7-12(17(19)20)16(9)23(21,22)8-14-5-4-10(6-11(14)18)13(14,2)3/h7,10H,4-6,8H2,1-3H3. The molecule has 2 aliphatic rings. The molecule has 0 aromatic carbocycles. The Hall–Kier alpha value is -1.77. The quantitative estimate of drug-likeness (QED) is 0.608. The van der Waals surface area contributed by atoms with Crippen molar-refractivity contribution >= 4 is 21.6 Å². The van der Waals surface area contributed by atoms with Gasteiger partial charge in [-0.15, -0.1) is 0 Å². The van der Waals surface area contributed by atoms with E-state index in [9.17, 15) is 23.3 Å². The van der Waals surface area contributed by atoms with Crippen LogP contribution in [0.15, 0.2) is 6.20 Å². The van der Waals surface area contributed by atoms with Gasteiger partial charge in [-0.25, -0.2) is 4.98 Å². The molecule has 126 valence electrons. The van der Waals surface area contributed by atoms with Gasteiger partial charge in [-0.1, -0.05) is 17.8 Å². The first kappa shape index (κ1) is 16.1. The van der Waals surface area contributed by atoms with E-state index in [0.29, 0.717) is 16.8 Å². The van der Waals surface area contributed by atoms with Crippen molar-refractivity contribution in [1.29, 1.82) is 0 Å². The average molecular weight is 341 g/mol. The summed E-state index contributed by atoms with van der Waals surface area (Å²) in [6.07, 6.45) is 2.67. The lowest BCUT2D eigenvalue weighted by atomic mass is 9.70. The van der Waals surface area contributed by atoms with Gasteiger partial charge in [0, 0.05) is 13.3 Å². The summed E-state index contributed by atoms with van der Waals surface area (Å²) in [6.45, 7) is 5.27. The molecule has 8 nitrogen and oxygen atoms in total. The summed E-state index contributed by atoms with van der Waals surface area (Å²) < 4.78 is 26.4. The third-order valence-corrected chi connectivity index (χ3v) is 7.77. The smallest absolute Gasteiger partial charge is 0.358 e. The number of rotatable bonds is 4. The van der Waals surface area contributed by atoms with Crippen LogP contribution in [0.5, 0.6) is 0 Å². The van der Waals surface area contributed by atoms with Crippen LogP contribution in [0.1, 0.15) is 38.9 Å². The molecule has 2 saturated carbocycles. The highest BCUT2D eigenvalue weighted by molar-refractivity contribution is 7.90. The summed E-state index contributed by atoms with van der Waals surface area (Å²) in [7, 11) is -4.06. The molecular formula is C14H19N3O5S. The maximum absolute atomic E-state index is 12.9. The summed E-state index contributed by atoms with van der Waals surface area (Å²) in [5.74, 6) is -0.810. The van der Waals surface area contributed by atoms with Crippen molar-refractivity contribution in [2.45, 2.75) is 40.0 Å². The molecule has 23 heavy (non-hydrogen) atoms. The minimum atomic E-state index is -4.06. The van der Waals surface area contributed by atoms with Gasteiger partial charge < -0.3 is 10.1 Å². The minimum absolute atomic E-state index is 0.0332. The fraction of sp³-hybridized carbons (Fsp3) is 0.714. The van der Waals surface area contributed by atoms with E-state index in [2.05, 4.69) is 4.98 Å². The molecular weight excluding hydrogens is 322 g/mol. The Kier molecular flexibility index (Phi) is 3.24. The zero-order valence-electron chi connectivity index (χ0n) is 13.3. The highest BCUT2D eigenvalue weighted by Gasteiger charge is 2.66. The van der Waals surface area contributed by atoms with Crippen LogP contribution in [0.25, 0.3) is 0 Å². The maximum atomic E-state index is 12.9. The van der Waals surface area contributed by atoms with Crippen molar-refractivity contribution < 1.29 is 18.1 Å². The number of imidazole rings is 1. The van der Waals surface area contributed by atoms with Gasteiger partial charge in [-0.3, -0.25) is 4.79 Å². The first-order chi connectivity index (χ1) is 10.5. The van der Waals surface area contributed by atoms with Crippen LogP contribution in [0, 0.1) is 33.8 Å². The minimum Gasteiger partial charge on any atom is -0.358 e. The number of Topliss-reactive ketones (excluding diaryl/α,β-unsaturated/α-hetero) is 1. The third kappa shape index (κ3) is 1.98. The average Bonchev–Trinajstić information content (AvgIpc) is 2.97. The van der Waals surface area contributed by atoms with Crippen molar-refractivity contribution in [3.8, 4) is 0 Å². The molecule has 0 saturated heterocycles. The fourth-order valence-electron chi connectivity index (χ4n) is 4.37. The monoisotopic (exact) mass is 341 g/mol. The van der Waals surface area contributed by atoms with E-state index in [1.54, 1.807) is 0 Å². The molecule has 2 aliphatic carbocycles. The predicted octanol–water partition coefficient (Wildman–Crippen LogP) is 1.67. The van der Waals surface area contributed by atoms with E-state index in [-0.39, 0.29) is 17.5 Å². The van der Waals surface area contributed by atoms with E-state index in [1.807, 2.05) is 13.8 Å². The Balaban J connectivity index is 2.08. The van der Waals surface area contributed by atoms with E-state index >= 15 is 0 Å². The van der Waals surface area contributed by atoms with Crippen LogP contribution in [0.3, 0.4) is 0 Å². The van der Waals surface area contributed by atoms with Crippen LogP contribution < -0.4 is 0 Å². The summed E-state index contributed by atoms with van der Waals surface area (Å²) in [4.78, 5) is 26.6. The molecule has 2 fully saturated rings. The number of nitrogens with zero attached hydrogens (tertiary/aromatic N) is 3. The van der Waals surface area contributed by atoms with Crippen molar-refractivity contribution in [3.63, 3.8) is 0 Å². The number of aryl methyl sites for hydroxylation is 1. The predicted molar refractivity (Wildman–Crippen MR) is 81.4 cm³/mol. The normalized spacial score (nSPS) is 29.2. The molecule has 0 radical (unpaired) electrons. The molecule has 2 atom stereocenters. The van der Waals surface area contributed by atoms with Crippen LogP contribution in [-0.4, -0.2) is 33.8 Å². The summed E-state index contributed by atoms with van der Waals surface area (Å²) in [5, 5.41) is 11.1. The van der Waals surface area contributed by atoms with Gasteiger partial charge in [-0.05, 0) is 29.1 Å². The van der Waals surface area contributed by atoms with E-state index < -0.39 is 37.3 Å². The van der Waals surface area contributed by atoms with Crippen molar-refractivity contribution in [3.05, 3.63) is 22.1 Å². The Morgan fingerprint density at radius 3 is 2.61 bits per heavy atom. The zero-order valence-corrected chi connectivity index (χ0v) is 14.1. The Bertz CT molecular complexity index is 810. The number of carbonyl (C=O) groups is 1. The molecule has 2 bridgehead atoms. The topological polar surface area (TPSA) is 112 Å². The summed E-state index contributed by atoms with van der Waals surface area (Å²) in [6, 6.07) is 0. The van der Waals surface area contributed by atoms with Crippen LogP contribution in [-0.2, 0) is 14.8 Å². The molecule has 9 heteroatoms. The van der Waals surface area contributed by atoms with E-state index in [0.717, 1.165) is 12.6 Å². The van der Waals surface area contributed by atoms with Crippen molar-refractivity contribution in [2.75, 3.05) is 5.75 Å². The first-order valence-electron chi connectivity index (χ1n) is 7.48. The largest absolute Gasteiger partial charge is 0.358 e. The number of hydrogen-bond acceptors (Lipinski definition) is 6. The molecule has 1 aromatic rings. The summed E-state index contributed by atoms with van der Waals surface area (Å²) in [5.41, 5.74) is -1.37. The fourth-order valence-corrected chi connectivity index (χ4v) is 6.65. The number of nitro groups is 1. The summed E-state index contributed by atoms with van der Waals surface area (Å²) >= 11 is 0. The highest BCUT2D eigenvalue weighted by Crippen LogP contribution is 2.64. The van der Waals surface area contributed by atoms with Gasteiger partial charge in [0.25, 0.3) is 0 Å². The third-order valence-electron chi connectivity index (χ3n) is 5.90. The van der Waals surface area contributed by atoms with Gasteiger partial charge in [0.15, 0.2) is 0 Å². The van der Waals surface area contributed by atoms with Gasteiger partial charge in [0.2, 0.25) is 5.82 Å². The second-order valence-electron chi connectivity index (χ2n) is 7.11. The Morgan fingerprint density at radius 2 is 2.13 bits per heavy atom. The lowest BCUT2D eigenvalue weighted by Gasteiger charge is -2.35.